The number of benzene rings is 1. The molecule has 0 amide bonds. The van der Waals surface area contributed by atoms with Gasteiger partial charge in [-0.2, -0.15) is 0 Å². The summed E-state index contributed by atoms with van der Waals surface area (Å²) in [7, 11) is 0. The van der Waals surface area contributed by atoms with Crippen molar-refractivity contribution in [3.05, 3.63) is 48.0 Å². The number of aromatic amines is 1. The molecule has 2 aromatic rings. The largest absolute Gasteiger partial charge is 0.506 e. The summed E-state index contributed by atoms with van der Waals surface area (Å²) in [5, 5.41) is 18.2. The maximum Gasteiger partial charge on any atom is 0.354 e. The van der Waals surface area contributed by atoms with Crippen molar-refractivity contribution in [1.29, 1.82) is 0 Å². The van der Waals surface area contributed by atoms with E-state index in [-0.39, 0.29) is 17.2 Å². The van der Waals surface area contributed by atoms with E-state index in [0.29, 0.717) is 5.56 Å². The minimum Gasteiger partial charge on any atom is -0.506 e. The fourth-order valence-corrected chi connectivity index (χ4v) is 1.51. The molecule has 92 valence electrons. The lowest BCUT2D eigenvalue weighted by Gasteiger charge is -1.95. The summed E-state index contributed by atoms with van der Waals surface area (Å²) in [6.45, 7) is 3.23. The van der Waals surface area contributed by atoms with Gasteiger partial charge in [0.1, 0.15) is 23.1 Å². The molecule has 6 heteroatoms. The van der Waals surface area contributed by atoms with Crippen LogP contribution in [-0.2, 0) is 0 Å². The maximum atomic E-state index is 13.1. The number of aromatic carboxylic acids is 1. The van der Waals surface area contributed by atoms with E-state index in [0.717, 1.165) is 0 Å². The van der Waals surface area contributed by atoms with Crippen molar-refractivity contribution >= 4 is 11.7 Å². The number of H-pyrrole nitrogens is 1. The van der Waals surface area contributed by atoms with Gasteiger partial charge in [0, 0.05) is 5.56 Å². The standard InChI is InChI=1S/C12H9FN2O3/c1-6(16)9-10(12(17)18)15-11(14-9)7-3-2-4-8(13)5-7/h2-5,16H,1H2,(H,14,15)(H,17,18). The van der Waals surface area contributed by atoms with Crippen molar-refractivity contribution in [1.82, 2.24) is 9.97 Å². The average molecular weight is 248 g/mol. The quantitative estimate of drug-likeness (QED) is 0.728. The molecule has 0 aliphatic rings. The Hall–Kier alpha value is -2.63. The Labute approximate surface area is 101 Å². The number of aliphatic hydroxyl groups excluding tert-OH is 1. The molecule has 0 atom stereocenters. The second-order valence-electron chi connectivity index (χ2n) is 3.57. The summed E-state index contributed by atoms with van der Waals surface area (Å²) in [4.78, 5) is 17.3. The van der Waals surface area contributed by atoms with Crippen LogP contribution in [0.4, 0.5) is 4.39 Å². The van der Waals surface area contributed by atoms with Gasteiger partial charge in [-0.25, -0.2) is 14.2 Å². The van der Waals surface area contributed by atoms with Crippen LogP contribution in [0.1, 0.15) is 16.2 Å². The molecule has 1 aromatic carbocycles. The van der Waals surface area contributed by atoms with Crippen LogP contribution in [-0.4, -0.2) is 26.2 Å². The number of halogens is 1. The van der Waals surface area contributed by atoms with Gasteiger partial charge in [-0.1, -0.05) is 18.7 Å². The van der Waals surface area contributed by atoms with Gasteiger partial charge in [0.15, 0.2) is 5.69 Å². The van der Waals surface area contributed by atoms with Gasteiger partial charge in [-0.05, 0) is 12.1 Å². The number of imidazole rings is 1. The van der Waals surface area contributed by atoms with Crippen molar-refractivity contribution in [2.24, 2.45) is 0 Å². The van der Waals surface area contributed by atoms with Gasteiger partial charge in [-0.15, -0.1) is 0 Å². The molecular weight excluding hydrogens is 239 g/mol. The lowest BCUT2D eigenvalue weighted by molar-refractivity contribution is 0.0690. The topological polar surface area (TPSA) is 86.2 Å². The molecule has 0 saturated carbocycles. The first-order valence-electron chi connectivity index (χ1n) is 4.96. The molecule has 0 fully saturated rings. The zero-order valence-corrected chi connectivity index (χ0v) is 9.14. The average Bonchev–Trinajstić information content (AvgIpc) is 2.73. The van der Waals surface area contributed by atoms with Crippen LogP contribution in [0.15, 0.2) is 30.8 Å². The van der Waals surface area contributed by atoms with E-state index >= 15 is 0 Å². The van der Waals surface area contributed by atoms with Crippen molar-refractivity contribution in [2.45, 2.75) is 0 Å². The minimum absolute atomic E-state index is 0.150. The SMILES string of the molecule is C=C(O)c1nc(-c2cccc(F)c2)[nH]c1C(=O)O. The van der Waals surface area contributed by atoms with E-state index in [1.54, 1.807) is 6.07 Å². The van der Waals surface area contributed by atoms with Crippen LogP contribution >= 0.6 is 0 Å². The predicted molar refractivity (Wildman–Crippen MR) is 62.6 cm³/mol. The third-order valence-corrected chi connectivity index (χ3v) is 2.29. The third-order valence-electron chi connectivity index (χ3n) is 2.29. The maximum absolute atomic E-state index is 13.1. The Morgan fingerprint density at radius 3 is 2.61 bits per heavy atom. The summed E-state index contributed by atoms with van der Waals surface area (Å²) >= 11 is 0. The number of rotatable bonds is 3. The first-order chi connectivity index (χ1) is 8.49. The second-order valence-corrected chi connectivity index (χ2v) is 3.57. The number of carboxylic acid groups (broad SMARTS) is 1. The highest BCUT2D eigenvalue weighted by Gasteiger charge is 2.19. The number of hydrogen-bond acceptors (Lipinski definition) is 3. The van der Waals surface area contributed by atoms with Crippen LogP contribution in [0.3, 0.4) is 0 Å². The zero-order valence-electron chi connectivity index (χ0n) is 9.14. The smallest absolute Gasteiger partial charge is 0.354 e. The summed E-state index contributed by atoms with van der Waals surface area (Å²) in [5.41, 5.74) is -0.0754. The molecule has 0 saturated heterocycles. The minimum atomic E-state index is -1.28. The van der Waals surface area contributed by atoms with Gasteiger partial charge in [-0.3, -0.25) is 0 Å². The van der Waals surface area contributed by atoms with E-state index in [4.69, 9.17) is 5.11 Å². The van der Waals surface area contributed by atoms with Gasteiger partial charge in [0.25, 0.3) is 0 Å². The third kappa shape index (κ3) is 2.08. The number of aromatic nitrogens is 2. The molecule has 0 unspecified atom stereocenters. The molecule has 5 nitrogen and oxygen atoms in total. The van der Waals surface area contributed by atoms with Gasteiger partial charge < -0.3 is 15.2 Å². The van der Waals surface area contributed by atoms with E-state index in [2.05, 4.69) is 16.5 Å². The van der Waals surface area contributed by atoms with Crippen molar-refractivity contribution in [2.75, 3.05) is 0 Å². The predicted octanol–water partition coefficient (Wildman–Crippen LogP) is 2.44. The molecule has 0 spiro atoms. The number of hydrogen-bond donors (Lipinski definition) is 3. The molecule has 3 N–H and O–H groups in total. The van der Waals surface area contributed by atoms with Gasteiger partial charge in [0.2, 0.25) is 0 Å². The molecule has 0 radical (unpaired) electrons. The van der Waals surface area contributed by atoms with Crippen molar-refractivity contribution < 1.29 is 19.4 Å². The Kier molecular flexibility index (Phi) is 2.85. The monoisotopic (exact) mass is 248 g/mol. The first kappa shape index (κ1) is 11.8. The normalized spacial score (nSPS) is 10.3. The summed E-state index contributed by atoms with van der Waals surface area (Å²) < 4.78 is 13.1. The Morgan fingerprint density at radius 1 is 1.39 bits per heavy atom. The first-order valence-corrected chi connectivity index (χ1v) is 4.96. The highest BCUT2D eigenvalue weighted by Crippen LogP contribution is 2.21. The van der Waals surface area contributed by atoms with E-state index in [9.17, 15) is 14.3 Å². The van der Waals surface area contributed by atoms with E-state index < -0.39 is 17.5 Å². The molecule has 1 heterocycles. The van der Waals surface area contributed by atoms with Crippen LogP contribution in [0.2, 0.25) is 0 Å². The fraction of sp³-hybridized carbons (Fsp3) is 0. The lowest BCUT2D eigenvalue weighted by atomic mass is 10.2. The molecule has 18 heavy (non-hydrogen) atoms. The van der Waals surface area contributed by atoms with Crippen LogP contribution in [0.25, 0.3) is 17.1 Å². The molecule has 1 aromatic heterocycles. The van der Waals surface area contributed by atoms with Gasteiger partial charge in [0.05, 0.1) is 0 Å². The summed E-state index contributed by atoms with van der Waals surface area (Å²) in [6, 6.07) is 5.50. The van der Waals surface area contributed by atoms with E-state index in [1.165, 1.54) is 18.2 Å². The zero-order chi connectivity index (χ0) is 13.3. The molecule has 0 bridgehead atoms. The van der Waals surface area contributed by atoms with Crippen molar-refractivity contribution in [3.8, 4) is 11.4 Å². The van der Waals surface area contributed by atoms with E-state index in [1.807, 2.05) is 0 Å². The Balaban J connectivity index is 2.57. The Morgan fingerprint density at radius 2 is 2.11 bits per heavy atom. The number of nitrogens with one attached hydrogen (secondary N) is 1. The molecular formula is C12H9FN2O3. The van der Waals surface area contributed by atoms with Crippen LogP contribution in [0, 0.1) is 5.82 Å². The number of nitrogens with zero attached hydrogens (tertiary/aromatic N) is 1. The lowest BCUT2D eigenvalue weighted by Crippen LogP contribution is -2.00. The molecule has 0 aliphatic carbocycles. The number of carboxylic acids is 1. The number of carbonyl (C=O) groups is 1. The van der Waals surface area contributed by atoms with Crippen LogP contribution in [0.5, 0.6) is 0 Å². The van der Waals surface area contributed by atoms with Crippen molar-refractivity contribution in [3.63, 3.8) is 0 Å². The Bertz CT molecular complexity index is 603. The summed E-state index contributed by atoms with van der Waals surface area (Å²) in [6.07, 6.45) is 0. The molecule has 0 aliphatic heterocycles. The highest BCUT2D eigenvalue weighted by atomic mass is 19.1. The second kappa shape index (κ2) is 4.33. The fourth-order valence-electron chi connectivity index (χ4n) is 1.51. The highest BCUT2D eigenvalue weighted by molar-refractivity contribution is 5.91. The van der Waals surface area contributed by atoms with Gasteiger partial charge >= 0.3 is 5.97 Å². The molecule has 2 rings (SSSR count). The summed E-state index contributed by atoms with van der Waals surface area (Å²) in [5.74, 6) is -2.07. The number of aliphatic hydroxyl groups is 1. The van der Waals surface area contributed by atoms with Crippen LogP contribution < -0.4 is 0 Å².